The SMILES string of the molecule is C=C(Nc1cc(-c2cnco2)ccn1)N1c2nc(-c3cccc(C)c3)ccc2N2CCC1CC2. The molecule has 0 amide bonds. The fourth-order valence-electron chi connectivity index (χ4n) is 4.93. The molecule has 1 fully saturated rings. The zero-order chi connectivity index (χ0) is 23.1. The number of rotatable bonds is 5. The summed E-state index contributed by atoms with van der Waals surface area (Å²) in [6, 6.07) is 17.0. The van der Waals surface area contributed by atoms with E-state index >= 15 is 0 Å². The number of benzene rings is 1. The molecular weight excluding hydrogens is 424 g/mol. The lowest BCUT2D eigenvalue weighted by Crippen LogP contribution is -2.41. The molecule has 4 aromatic rings. The Kier molecular flexibility index (Phi) is 5.02. The third kappa shape index (κ3) is 3.69. The molecule has 1 N–H and O–H groups in total. The zero-order valence-electron chi connectivity index (χ0n) is 19.1. The van der Waals surface area contributed by atoms with Crippen LogP contribution in [0.3, 0.4) is 0 Å². The highest BCUT2D eigenvalue weighted by atomic mass is 16.3. The van der Waals surface area contributed by atoms with Crippen molar-refractivity contribution in [3.63, 3.8) is 0 Å². The van der Waals surface area contributed by atoms with Crippen molar-refractivity contribution in [2.24, 2.45) is 0 Å². The van der Waals surface area contributed by atoms with Gasteiger partial charge in [0, 0.05) is 36.5 Å². The van der Waals surface area contributed by atoms with E-state index in [9.17, 15) is 0 Å². The largest absolute Gasteiger partial charge is 0.444 e. The van der Waals surface area contributed by atoms with E-state index in [-0.39, 0.29) is 0 Å². The van der Waals surface area contributed by atoms with Gasteiger partial charge < -0.3 is 19.5 Å². The third-order valence-corrected chi connectivity index (χ3v) is 6.61. The van der Waals surface area contributed by atoms with Gasteiger partial charge >= 0.3 is 0 Å². The van der Waals surface area contributed by atoms with Crippen molar-refractivity contribution < 1.29 is 4.42 Å². The molecule has 0 atom stereocenters. The van der Waals surface area contributed by atoms with Crippen LogP contribution >= 0.6 is 0 Å². The lowest BCUT2D eigenvalue weighted by Gasteiger charge is -2.34. The number of nitrogens with one attached hydrogen (secondary N) is 1. The third-order valence-electron chi connectivity index (χ3n) is 6.61. The van der Waals surface area contributed by atoms with Gasteiger partial charge in [0.2, 0.25) is 0 Å². The molecule has 7 rings (SSSR count). The van der Waals surface area contributed by atoms with Crippen molar-refractivity contribution in [3.8, 4) is 22.6 Å². The first kappa shape index (κ1) is 20.5. The van der Waals surface area contributed by atoms with Crippen LogP contribution in [0, 0.1) is 6.92 Å². The maximum absolute atomic E-state index is 5.45. The number of aryl methyl sites for hydroxylation is 1. The van der Waals surface area contributed by atoms with Crippen LogP contribution in [0.5, 0.6) is 0 Å². The first-order valence-electron chi connectivity index (χ1n) is 11.6. The minimum atomic E-state index is 0.329. The van der Waals surface area contributed by atoms with Crippen molar-refractivity contribution in [3.05, 3.63) is 85.3 Å². The van der Waals surface area contributed by atoms with E-state index in [1.165, 1.54) is 12.0 Å². The molecule has 3 aliphatic heterocycles. The molecule has 0 spiro atoms. The summed E-state index contributed by atoms with van der Waals surface area (Å²) in [5, 5.41) is 3.43. The highest BCUT2D eigenvalue weighted by molar-refractivity contribution is 5.77. The number of pyridine rings is 2. The summed E-state index contributed by atoms with van der Waals surface area (Å²) in [6.45, 7) is 8.57. The van der Waals surface area contributed by atoms with Gasteiger partial charge in [-0.05, 0) is 50.1 Å². The second-order valence-electron chi connectivity index (χ2n) is 8.86. The summed E-state index contributed by atoms with van der Waals surface area (Å²) in [6.07, 6.45) is 7.00. The van der Waals surface area contributed by atoms with Gasteiger partial charge in [0.15, 0.2) is 18.0 Å². The molecule has 2 bridgehead atoms. The Labute approximate surface area is 198 Å². The van der Waals surface area contributed by atoms with E-state index in [0.29, 0.717) is 17.6 Å². The summed E-state index contributed by atoms with van der Waals surface area (Å²) < 4.78 is 5.45. The molecule has 1 saturated heterocycles. The van der Waals surface area contributed by atoms with Gasteiger partial charge in [-0.2, -0.15) is 0 Å². The van der Waals surface area contributed by atoms with Crippen LogP contribution in [0.1, 0.15) is 18.4 Å². The minimum absolute atomic E-state index is 0.329. The van der Waals surface area contributed by atoms with E-state index in [1.807, 2.05) is 12.1 Å². The van der Waals surface area contributed by atoms with Gasteiger partial charge in [-0.15, -0.1) is 0 Å². The first-order valence-corrected chi connectivity index (χ1v) is 11.6. The Morgan fingerprint density at radius 2 is 1.97 bits per heavy atom. The smallest absolute Gasteiger partial charge is 0.181 e. The fourth-order valence-corrected chi connectivity index (χ4v) is 4.93. The number of oxazole rings is 1. The Hall–Kier alpha value is -4.13. The Balaban J connectivity index is 1.37. The van der Waals surface area contributed by atoms with Crippen molar-refractivity contribution >= 4 is 17.3 Å². The molecule has 6 heterocycles. The molecule has 1 aromatic carbocycles. The van der Waals surface area contributed by atoms with Crippen molar-refractivity contribution in [2.45, 2.75) is 25.8 Å². The summed E-state index contributed by atoms with van der Waals surface area (Å²) in [7, 11) is 0. The molecular formula is C27H26N6O. The maximum atomic E-state index is 5.45. The van der Waals surface area contributed by atoms with Gasteiger partial charge in [0.05, 0.1) is 17.6 Å². The van der Waals surface area contributed by atoms with Crippen LogP contribution in [-0.2, 0) is 0 Å². The van der Waals surface area contributed by atoms with Gasteiger partial charge in [0.1, 0.15) is 11.6 Å². The molecule has 0 aliphatic carbocycles. The van der Waals surface area contributed by atoms with E-state index in [2.05, 4.69) is 75.0 Å². The highest BCUT2D eigenvalue weighted by Gasteiger charge is 2.35. The molecule has 7 heteroatoms. The number of aromatic nitrogens is 3. The average Bonchev–Trinajstić information content (AvgIpc) is 3.30. The van der Waals surface area contributed by atoms with Crippen molar-refractivity contribution in [1.29, 1.82) is 0 Å². The normalized spacial score (nSPS) is 15.2. The van der Waals surface area contributed by atoms with Crippen molar-refractivity contribution in [2.75, 3.05) is 28.2 Å². The second-order valence-corrected chi connectivity index (χ2v) is 8.86. The van der Waals surface area contributed by atoms with E-state index in [4.69, 9.17) is 9.40 Å². The number of piperidine rings is 1. The summed E-state index contributed by atoms with van der Waals surface area (Å²) in [5.41, 5.74) is 5.37. The minimum Gasteiger partial charge on any atom is -0.444 e. The molecule has 3 aromatic heterocycles. The topological polar surface area (TPSA) is 70.3 Å². The average molecular weight is 451 g/mol. The standard InChI is InChI=1S/C27H26N6O/c1-18-4-3-5-20(14-18)23-6-7-24-27(31-23)33(22-9-12-32(24)13-10-22)19(2)30-26-15-21(8-11-29-26)25-16-28-17-34-25/h3-8,11,14-17,22H,2,9-10,12-13H2,1H3,(H,29,30). The predicted octanol–water partition coefficient (Wildman–Crippen LogP) is 5.48. The molecule has 3 aliphatic rings. The summed E-state index contributed by atoms with van der Waals surface area (Å²) >= 11 is 0. The Morgan fingerprint density at radius 3 is 2.76 bits per heavy atom. The van der Waals surface area contributed by atoms with E-state index < -0.39 is 0 Å². The molecule has 0 unspecified atom stereocenters. The lowest BCUT2D eigenvalue weighted by atomic mass is 10.1. The molecule has 34 heavy (non-hydrogen) atoms. The van der Waals surface area contributed by atoms with E-state index in [1.54, 1.807) is 12.4 Å². The monoisotopic (exact) mass is 450 g/mol. The quantitative estimate of drug-likeness (QED) is 0.432. The van der Waals surface area contributed by atoms with Crippen LogP contribution in [0.25, 0.3) is 22.6 Å². The van der Waals surface area contributed by atoms with Crippen molar-refractivity contribution in [1.82, 2.24) is 15.0 Å². The fraction of sp³-hybridized carbons (Fsp3) is 0.222. The summed E-state index contributed by atoms with van der Waals surface area (Å²) in [5.74, 6) is 3.12. The lowest BCUT2D eigenvalue weighted by molar-refractivity contribution is 0.500. The number of anilines is 3. The second kappa shape index (κ2) is 8.33. The summed E-state index contributed by atoms with van der Waals surface area (Å²) in [4.78, 5) is 18.4. The molecule has 0 radical (unpaired) electrons. The van der Waals surface area contributed by atoms with E-state index in [0.717, 1.165) is 60.1 Å². The highest BCUT2D eigenvalue weighted by Crippen LogP contribution is 2.41. The number of hydrogen-bond donors (Lipinski definition) is 1. The van der Waals surface area contributed by atoms with Crippen LogP contribution < -0.4 is 15.1 Å². The van der Waals surface area contributed by atoms with Gasteiger partial charge in [-0.3, -0.25) is 0 Å². The zero-order valence-corrected chi connectivity index (χ0v) is 19.1. The number of hydrogen-bond acceptors (Lipinski definition) is 7. The number of fused-ring (bicyclic) bond motifs is 2. The Morgan fingerprint density at radius 1 is 1.09 bits per heavy atom. The Bertz CT molecular complexity index is 1340. The van der Waals surface area contributed by atoms with Crippen LogP contribution in [0.15, 0.2) is 84.1 Å². The predicted molar refractivity (Wildman–Crippen MR) is 135 cm³/mol. The molecule has 170 valence electrons. The molecule has 7 nitrogen and oxygen atoms in total. The van der Waals surface area contributed by atoms with Crippen LogP contribution in [0.4, 0.5) is 17.3 Å². The van der Waals surface area contributed by atoms with Crippen LogP contribution in [-0.4, -0.2) is 34.1 Å². The van der Waals surface area contributed by atoms with Gasteiger partial charge in [-0.25, -0.2) is 15.0 Å². The first-order chi connectivity index (χ1) is 16.7. The maximum Gasteiger partial charge on any atom is 0.181 e. The number of nitrogens with zero attached hydrogens (tertiary/aromatic N) is 5. The van der Waals surface area contributed by atoms with Gasteiger partial charge in [0.25, 0.3) is 0 Å². The molecule has 0 saturated carbocycles. The van der Waals surface area contributed by atoms with Crippen LogP contribution in [0.2, 0.25) is 0 Å². The van der Waals surface area contributed by atoms with Gasteiger partial charge in [-0.1, -0.05) is 30.3 Å².